The van der Waals surface area contributed by atoms with E-state index in [9.17, 15) is 9.90 Å². The van der Waals surface area contributed by atoms with Crippen LogP contribution in [0.1, 0.15) is 30.3 Å². The third-order valence-corrected chi connectivity index (χ3v) is 5.13. The number of ether oxygens (including phenoxy) is 1. The van der Waals surface area contributed by atoms with Gasteiger partial charge in [0.25, 0.3) is 0 Å². The molecule has 1 aliphatic rings. The number of hydrogen-bond acceptors (Lipinski definition) is 4. The van der Waals surface area contributed by atoms with Crippen molar-refractivity contribution in [1.29, 1.82) is 0 Å². The molecule has 3 atom stereocenters. The molecular formula is C14H21NO3S. The summed E-state index contributed by atoms with van der Waals surface area (Å²) >= 11 is 1.74. The first kappa shape index (κ1) is 14.5. The molecule has 0 amide bonds. The minimum absolute atomic E-state index is 0.0287. The van der Waals surface area contributed by atoms with Gasteiger partial charge >= 0.3 is 5.97 Å². The topological polar surface area (TPSA) is 49.8 Å². The van der Waals surface area contributed by atoms with Crippen molar-refractivity contribution in [3.05, 3.63) is 21.9 Å². The lowest BCUT2D eigenvalue weighted by Crippen LogP contribution is -2.44. The van der Waals surface area contributed by atoms with Crippen LogP contribution in [0.3, 0.4) is 0 Å². The molecule has 2 rings (SSSR count). The van der Waals surface area contributed by atoms with Crippen LogP contribution in [0.15, 0.2) is 11.4 Å². The minimum atomic E-state index is -0.754. The number of carboxylic acid groups (broad SMARTS) is 1. The van der Waals surface area contributed by atoms with Crippen molar-refractivity contribution in [3.8, 4) is 0 Å². The van der Waals surface area contributed by atoms with Gasteiger partial charge in [0.05, 0.1) is 19.1 Å². The first-order valence-electron chi connectivity index (χ1n) is 6.66. The first-order valence-corrected chi connectivity index (χ1v) is 7.54. The van der Waals surface area contributed by atoms with Crippen molar-refractivity contribution in [2.24, 2.45) is 5.92 Å². The summed E-state index contributed by atoms with van der Waals surface area (Å²) in [6, 6.07) is 2.32. The SMILES string of the molecule is CCN(C(C)c1sccc1C)C1COCC1C(=O)O. The molecule has 0 aromatic carbocycles. The van der Waals surface area contributed by atoms with Gasteiger partial charge in [0.1, 0.15) is 0 Å². The Kier molecular flexibility index (Phi) is 4.60. The van der Waals surface area contributed by atoms with Crippen LogP contribution in [0.5, 0.6) is 0 Å². The van der Waals surface area contributed by atoms with E-state index in [0.717, 1.165) is 6.54 Å². The van der Waals surface area contributed by atoms with Crippen molar-refractivity contribution in [2.45, 2.75) is 32.9 Å². The van der Waals surface area contributed by atoms with Crippen LogP contribution in [-0.2, 0) is 9.53 Å². The summed E-state index contributed by atoms with van der Waals surface area (Å²) in [6.07, 6.45) is 0. The maximum absolute atomic E-state index is 11.3. The van der Waals surface area contributed by atoms with E-state index in [1.54, 1.807) is 11.3 Å². The summed E-state index contributed by atoms with van der Waals surface area (Å²) in [7, 11) is 0. The Morgan fingerprint density at radius 2 is 2.37 bits per heavy atom. The predicted molar refractivity (Wildman–Crippen MR) is 75.6 cm³/mol. The summed E-state index contributed by atoms with van der Waals surface area (Å²) in [5.41, 5.74) is 1.28. The lowest BCUT2D eigenvalue weighted by molar-refractivity contribution is -0.143. The molecular weight excluding hydrogens is 262 g/mol. The summed E-state index contributed by atoms with van der Waals surface area (Å²) in [6.45, 7) is 8.01. The van der Waals surface area contributed by atoms with Gasteiger partial charge in [0.2, 0.25) is 0 Å². The van der Waals surface area contributed by atoms with Crippen molar-refractivity contribution in [2.75, 3.05) is 19.8 Å². The van der Waals surface area contributed by atoms with E-state index in [1.807, 2.05) is 0 Å². The summed E-state index contributed by atoms with van der Waals surface area (Å²) < 4.78 is 5.39. The van der Waals surface area contributed by atoms with Crippen LogP contribution in [0.2, 0.25) is 0 Å². The van der Waals surface area contributed by atoms with Gasteiger partial charge in [-0.2, -0.15) is 0 Å². The molecule has 0 radical (unpaired) electrons. The van der Waals surface area contributed by atoms with Gasteiger partial charge in [0, 0.05) is 17.0 Å². The Hall–Kier alpha value is -0.910. The highest BCUT2D eigenvalue weighted by Gasteiger charge is 2.39. The molecule has 0 aliphatic carbocycles. The second kappa shape index (κ2) is 6.03. The van der Waals surface area contributed by atoms with Crippen LogP contribution >= 0.6 is 11.3 Å². The molecule has 106 valence electrons. The fraction of sp³-hybridized carbons (Fsp3) is 0.643. The fourth-order valence-electron chi connectivity index (χ4n) is 2.86. The van der Waals surface area contributed by atoms with Gasteiger partial charge in [-0.05, 0) is 37.4 Å². The second-order valence-corrected chi connectivity index (χ2v) is 5.97. The molecule has 19 heavy (non-hydrogen) atoms. The summed E-state index contributed by atoms with van der Waals surface area (Å²) in [4.78, 5) is 14.9. The summed E-state index contributed by atoms with van der Waals surface area (Å²) in [5, 5.41) is 11.4. The molecule has 1 aliphatic heterocycles. The molecule has 1 saturated heterocycles. The highest BCUT2D eigenvalue weighted by Crippen LogP contribution is 2.33. The third kappa shape index (κ3) is 2.83. The standard InChI is InChI=1S/C14H21NO3S/c1-4-15(10(3)13-9(2)5-6-19-13)12-8-18-7-11(12)14(16)17/h5-6,10-12H,4,7-8H2,1-3H3,(H,16,17). The molecule has 1 fully saturated rings. The number of carbonyl (C=O) groups is 1. The Bertz CT molecular complexity index is 446. The number of thiophene rings is 1. The lowest BCUT2D eigenvalue weighted by atomic mass is 10.00. The Labute approximate surface area is 118 Å². The second-order valence-electron chi connectivity index (χ2n) is 5.02. The molecule has 0 saturated carbocycles. The zero-order valence-corrected chi connectivity index (χ0v) is 12.4. The third-order valence-electron chi connectivity index (χ3n) is 3.94. The number of aryl methyl sites for hydroxylation is 1. The average molecular weight is 283 g/mol. The van der Waals surface area contributed by atoms with Crippen molar-refractivity contribution >= 4 is 17.3 Å². The molecule has 1 N–H and O–H groups in total. The van der Waals surface area contributed by atoms with Gasteiger partial charge in [-0.25, -0.2) is 0 Å². The smallest absolute Gasteiger partial charge is 0.310 e. The predicted octanol–water partition coefficient (Wildman–Crippen LogP) is 2.54. The van der Waals surface area contributed by atoms with Crippen molar-refractivity contribution in [1.82, 2.24) is 4.90 Å². The molecule has 5 heteroatoms. The van der Waals surface area contributed by atoms with E-state index in [-0.39, 0.29) is 12.1 Å². The molecule has 3 unspecified atom stereocenters. The van der Waals surface area contributed by atoms with Crippen LogP contribution in [0.4, 0.5) is 0 Å². The Balaban J connectivity index is 2.20. The highest BCUT2D eigenvalue weighted by molar-refractivity contribution is 7.10. The van der Waals surface area contributed by atoms with E-state index >= 15 is 0 Å². The van der Waals surface area contributed by atoms with Crippen LogP contribution in [0.25, 0.3) is 0 Å². The van der Waals surface area contributed by atoms with Crippen molar-refractivity contribution in [3.63, 3.8) is 0 Å². The van der Waals surface area contributed by atoms with Gasteiger partial charge in [-0.3, -0.25) is 9.69 Å². The number of carboxylic acids is 1. The molecule has 4 nitrogen and oxygen atoms in total. The lowest BCUT2D eigenvalue weighted by Gasteiger charge is -2.34. The number of rotatable bonds is 5. The van der Waals surface area contributed by atoms with E-state index in [0.29, 0.717) is 13.2 Å². The molecule has 1 aromatic heterocycles. The van der Waals surface area contributed by atoms with E-state index in [1.165, 1.54) is 10.4 Å². The van der Waals surface area contributed by atoms with Gasteiger partial charge in [-0.15, -0.1) is 11.3 Å². The first-order chi connectivity index (χ1) is 9.06. The number of nitrogens with zero attached hydrogens (tertiary/aromatic N) is 1. The maximum Gasteiger partial charge on any atom is 0.310 e. The van der Waals surface area contributed by atoms with Gasteiger partial charge in [0.15, 0.2) is 0 Å². The zero-order chi connectivity index (χ0) is 14.0. The van der Waals surface area contributed by atoms with E-state index < -0.39 is 11.9 Å². The minimum Gasteiger partial charge on any atom is -0.481 e. The van der Waals surface area contributed by atoms with E-state index in [4.69, 9.17) is 4.74 Å². The van der Waals surface area contributed by atoms with Gasteiger partial charge < -0.3 is 9.84 Å². The van der Waals surface area contributed by atoms with Crippen LogP contribution in [0, 0.1) is 12.8 Å². The molecule has 0 bridgehead atoms. The molecule has 2 heterocycles. The zero-order valence-electron chi connectivity index (χ0n) is 11.6. The highest BCUT2D eigenvalue weighted by atomic mass is 32.1. The number of hydrogen-bond donors (Lipinski definition) is 1. The summed E-state index contributed by atoms with van der Waals surface area (Å²) in [5.74, 6) is -1.17. The normalized spacial score (nSPS) is 24.8. The Morgan fingerprint density at radius 1 is 1.63 bits per heavy atom. The maximum atomic E-state index is 11.3. The quantitative estimate of drug-likeness (QED) is 0.902. The van der Waals surface area contributed by atoms with E-state index in [2.05, 4.69) is 37.1 Å². The van der Waals surface area contributed by atoms with Crippen molar-refractivity contribution < 1.29 is 14.6 Å². The monoisotopic (exact) mass is 283 g/mol. The average Bonchev–Trinajstić information content (AvgIpc) is 2.98. The Morgan fingerprint density at radius 3 is 2.89 bits per heavy atom. The number of likely N-dealkylation sites (N-methyl/N-ethyl adjacent to an activating group) is 1. The van der Waals surface area contributed by atoms with Crippen LogP contribution < -0.4 is 0 Å². The van der Waals surface area contributed by atoms with Gasteiger partial charge in [-0.1, -0.05) is 6.92 Å². The molecule has 0 spiro atoms. The largest absolute Gasteiger partial charge is 0.481 e. The number of aliphatic carboxylic acids is 1. The molecule has 1 aromatic rings. The van der Waals surface area contributed by atoms with Crippen LogP contribution in [-0.4, -0.2) is 41.8 Å². The fourth-order valence-corrected chi connectivity index (χ4v) is 3.87.